The number of aromatic nitrogens is 1. The van der Waals surface area contributed by atoms with Crippen LogP contribution in [-0.4, -0.2) is 11.1 Å². The molecule has 2 N–H and O–H groups in total. The van der Waals surface area contributed by atoms with Gasteiger partial charge < -0.3 is 10.3 Å². The average molecular weight is 151 g/mol. The van der Waals surface area contributed by atoms with E-state index >= 15 is 0 Å². The summed E-state index contributed by atoms with van der Waals surface area (Å²) in [6, 6.07) is 1.86. The molecule has 0 aliphatic heterocycles. The summed E-state index contributed by atoms with van der Waals surface area (Å²) in [5.41, 5.74) is 5.38. The first-order chi connectivity index (χ1) is 5.25. The molecule has 56 valence electrons. The highest BCUT2D eigenvalue weighted by molar-refractivity contribution is 5.92. The Bertz CT molecular complexity index is 310. The second-order valence-electron chi connectivity index (χ2n) is 1.89. The molecule has 0 unspecified atom stereocenters. The molecule has 0 fully saturated rings. The van der Waals surface area contributed by atoms with Gasteiger partial charge in [-0.2, -0.15) is 5.26 Å². The average Bonchev–Trinajstić information content (AvgIpc) is 2.36. The molecule has 1 aromatic heterocycles. The highest BCUT2D eigenvalue weighted by Crippen LogP contribution is 2.05. The van der Waals surface area contributed by atoms with E-state index in [-0.39, 0.29) is 12.1 Å². The van der Waals surface area contributed by atoms with Gasteiger partial charge in [0, 0.05) is 5.56 Å². The molecule has 0 bridgehead atoms. The lowest BCUT2D eigenvalue weighted by Crippen LogP contribution is -2.13. The predicted octanol–water partition coefficient (Wildman–Crippen LogP) is -0.160. The van der Waals surface area contributed by atoms with E-state index in [0.717, 1.165) is 0 Å². The molecule has 0 aromatic carbocycles. The van der Waals surface area contributed by atoms with E-state index in [1.54, 1.807) is 0 Å². The van der Waals surface area contributed by atoms with E-state index in [1.165, 1.54) is 6.26 Å². The second-order valence-corrected chi connectivity index (χ2v) is 1.89. The Balaban J connectivity index is 2.98. The molecule has 0 saturated heterocycles. The topological polar surface area (TPSA) is 92.9 Å². The van der Waals surface area contributed by atoms with Crippen LogP contribution in [0.4, 0.5) is 0 Å². The van der Waals surface area contributed by atoms with Crippen molar-refractivity contribution in [3.05, 3.63) is 17.5 Å². The zero-order valence-electron chi connectivity index (χ0n) is 5.57. The normalized spacial score (nSPS) is 9.00. The number of carbonyl (C=O) groups is 1. The van der Waals surface area contributed by atoms with Crippen LogP contribution in [0.3, 0.4) is 0 Å². The van der Waals surface area contributed by atoms with Crippen molar-refractivity contribution in [2.24, 2.45) is 5.73 Å². The van der Waals surface area contributed by atoms with Crippen molar-refractivity contribution < 1.29 is 9.32 Å². The predicted molar refractivity (Wildman–Crippen MR) is 34.3 cm³/mol. The van der Waals surface area contributed by atoms with Crippen molar-refractivity contribution in [1.82, 2.24) is 5.16 Å². The number of hydrogen-bond donors (Lipinski definition) is 1. The summed E-state index contributed by atoms with van der Waals surface area (Å²) in [4.78, 5) is 10.5. The zero-order chi connectivity index (χ0) is 8.27. The number of carbonyl (C=O) groups excluding carboxylic acids is 1. The van der Waals surface area contributed by atoms with Gasteiger partial charge in [-0.05, 0) is 0 Å². The van der Waals surface area contributed by atoms with Gasteiger partial charge in [0.15, 0.2) is 5.69 Å². The molecule has 1 rings (SSSR count). The van der Waals surface area contributed by atoms with Gasteiger partial charge >= 0.3 is 0 Å². The second kappa shape index (κ2) is 2.84. The van der Waals surface area contributed by atoms with E-state index in [2.05, 4.69) is 9.68 Å². The Kier molecular flexibility index (Phi) is 1.88. The first-order valence-electron chi connectivity index (χ1n) is 2.85. The molecule has 0 atom stereocenters. The summed E-state index contributed by atoms with van der Waals surface area (Å²) in [5.74, 6) is -0.677. The van der Waals surface area contributed by atoms with Crippen LogP contribution in [0.2, 0.25) is 0 Å². The van der Waals surface area contributed by atoms with Crippen molar-refractivity contribution in [2.45, 2.75) is 6.42 Å². The third kappa shape index (κ3) is 1.35. The Labute approximate surface area is 62.4 Å². The van der Waals surface area contributed by atoms with Crippen LogP contribution >= 0.6 is 0 Å². The summed E-state index contributed by atoms with van der Waals surface area (Å²) < 4.78 is 4.46. The molecule has 1 amide bonds. The zero-order valence-corrected chi connectivity index (χ0v) is 5.57. The van der Waals surface area contributed by atoms with E-state index in [0.29, 0.717) is 5.56 Å². The summed E-state index contributed by atoms with van der Waals surface area (Å²) >= 11 is 0. The minimum atomic E-state index is -0.677. The number of primary amides is 1. The highest BCUT2D eigenvalue weighted by Gasteiger charge is 2.11. The van der Waals surface area contributed by atoms with E-state index in [1.807, 2.05) is 6.07 Å². The first kappa shape index (κ1) is 7.28. The molecule has 0 radical (unpaired) electrons. The molecule has 0 aliphatic carbocycles. The van der Waals surface area contributed by atoms with E-state index in [9.17, 15) is 4.79 Å². The van der Waals surface area contributed by atoms with Crippen LogP contribution in [0.5, 0.6) is 0 Å². The maximum atomic E-state index is 10.5. The van der Waals surface area contributed by atoms with E-state index < -0.39 is 5.91 Å². The van der Waals surface area contributed by atoms with Crippen LogP contribution < -0.4 is 5.73 Å². The molecule has 0 saturated carbocycles. The SMILES string of the molecule is N#CCc1conc1C(N)=O. The fraction of sp³-hybridized carbons (Fsp3) is 0.167. The fourth-order valence-electron chi connectivity index (χ4n) is 0.671. The van der Waals surface area contributed by atoms with Gasteiger partial charge in [-0.1, -0.05) is 5.16 Å². The van der Waals surface area contributed by atoms with Crippen LogP contribution in [0.1, 0.15) is 16.1 Å². The quantitative estimate of drug-likeness (QED) is 0.635. The molecule has 0 spiro atoms. The third-order valence-corrected chi connectivity index (χ3v) is 1.15. The third-order valence-electron chi connectivity index (χ3n) is 1.15. The monoisotopic (exact) mass is 151 g/mol. The molecule has 11 heavy (non-hydrogen) atoms. The molecular formula is C6H5N3O2. The number of nitrogens with two attached hydrogens (primary N) is 1. The van der Waals surface area contributed by atoms with Crippen molar-refractivity contribution >= 4 is 5.91 Å². The van der Waals surface area contributed by atoms with Gasteiger partial charge in [-0.15, -0.1) is 0 Å². The lowest BCUT2D eigenvalue weighted by molar-refractivity contribution is 0.0991. The number of nitrogens with zero attached hydrogens (tertiary/aromatic N) is 2. The number of hydrogen-bond acceptors (Lipinski definition) is 4. The van der Waals surface area contributed by atoms with Crippen LogP contribution in [0, 0.1) is 11.3 Å². The van der Waals surface area contributed by atoms with Crippen LogP contribution in [0.15, 0.2) is 10.8 Å². The van der Waals surface area contributed by atoms with Crippen molar-refractivity contribution in [2.75, 3.05) is 0 Å². The number of amides is 1. The van der Waals surface area contributed by atoms with Crippen molar-refractivity contribution in [1.29, 1.82) is 5.26 Å². The molecule has 5 heteroatoms. The highest BCUT2D eigenvalue weighted by atomic mass is 16.5. The molecule has 1 aromatic rings. The van der Waals surface area contributed by atoms with Gasteiger partial charge in [0.25, 0.3) is 5.91 Å². The maximum Gasteiger partial charge on any atom is 0.271 e. The molecular weight excluding hydrogens is 146 g/mol. The first-order valence-corrected chi connectivity index (χ1v) is 2.85. The van der Waals surface area contributed by atoms with Gasteiger partial charge in [-0.25, -0.2) is 0 Å². The maximum absolute atomic E-state index is 10.5. The summed E-state index contributed by atoms with van der Waals surface area (Å²) in [7, 11) is 0. The van der Waals surface area contributed by atoms with Gasteiger partial charge in [-0.3, -0.25) is 4.79 Å². The van der Waals surface area contributed by atoms with Gasteiger partial charge in [0.2, 0.25) is 0 Å². The van der Waals surface area contributed by atoms with Gasteiger partial charge in [0.1, 0.15) is 6.26 Å². The van der Waals surface area contributed by atoms with Crippen LogP contribution in [0.25, 0.3) is 0 Å². The summed E-state index contributed by atoms with van der Waals surface area (Å²) in [6.45, 7) is 0. The van der Waals surface area contributed by atoms with Gasteiger partial charge in [0.05, 0.1) is 12.5 Å². The minimum Gasteiger partial charge on any atom is -0.364 e. The smallest absolute Gasteiger partial charge is 0.271 e. The Morgan fingerprint density at radius 2 is 2.64 bits per heavy atom. The molecule has 1 heterocycles. The standard InChI is InChI=1S/C6H5N3O2/c7-2-1-4-3-11-9-5(4)6(8)10/h3H,1H2,(H2,8,10). The largest absolute Gasteiger partial charge is 0.364 e. The molecule has 0 aliphatic rings. The lowest BCUT2D eigenvalue weighted by atomic mass is 10.2. The minimum absolute atomic E-state index is 0.0338. The summed E-state index contributed by atoms with van der Waals surface area (Å²) in [5, 5.41) is 11.6. The van der Waals surface area contributed by atoms with E-state index in [4.69, 9.17) is 11.0 Å². The Morgan fingerprint density at radius 3 is 3.18 bits per heavy atom. The number of rotatable bonds is 2. The fourth-order valence-corrected chi connectivity index (χ4v) is 0.671. The lowest BCUT2D eigenvalue weighted by Gasteiger charge is -1.86. The van der Waals surface area contributed by atoms with Crippen molar-refractivity contribution in [3.63, 3.8) is 0 Å². The van der Waals surface area contributed by atoms with Crippen molar-refractivity contribution in [3.8, 4) is 6.07 Å². The molecule has 5 nitrogen and oxygen atoms in total. The number of nitriles is 1. The Hall–Kier alpha value is -1.83. The van der Waals surface area contributed by atoms with Crippen LogP contribution in [-0.2, 0) is 6.42 Å². The Morgan fingerprint density at radius 1 is 1.91 bits per heavy atom. The summed E-state index contributed by atoms with van der Waals surface area (Å²) in [6.07, 6.45) is 1.32.